The van der Waals surface area contributed by atoms with Gasteiger partial charge in [-0.15, -0.1) is 0 Å². The van der Waals surface area contributed by atoms with Crippen LogP contribution in [0.4, 0.5) is 13.2 Å². The Morgan fingerprint density at radius 2 is 2.00 bits per heavy atom. The third-order valence-electron chi connectivity index (χ3n) is 1.64. The van der Waals surface area contributed by atoms with Gasteiger partial charge in [-0.2, -0.15) is 13.2 Å². The van der Waals surface area contributed by atoms with Crippen LogP contribution in [0.3, 0.4) is 0 Å². The lowest BCUT2D eigenvalue weighted by Crippen LogP contribution is -2.10. The fourth-order valence-electron chi connectivity index (χ4n) is 0.972. The zero-order valence-corrected chi connectivity index (χ0v) is 8.48. The van der Waals surface area contributed by atoms with Crippen LogP contribution in [-0.4, -0.2) is 5.21 Å². The molecule has 2 N–H and O–H groups in total. The molecule has 78 valence electrons. The molecule has 0 aromatic heterocycles. The van der Waals surface area contributed by atoms with Crippen LogP contribution >= 0.6 is 15.9 Å². The van der Waals surface area contributed by atoms with E-state index in [1.807, 2.05) is 0 Å². The third kappa shape index (κ3) is 2.70. The molecule has 0 radical (unpaired) electrons. The topological polar surface area (TPSA) is 32.3 Å². The lowest BCUT2D eigenvalue weighted by molar-refractivity contribution is -0.137. The first-order chi connectivity index (χ1) is 6.45. The van der Waals surface area contributed by atoms with Gasteiger partial charge in [0.25, 0.3) is 0 Å². The van der Waals surface area contributed by atoms with Gasteiger partial charge in [0.1, 0.15) is 0 Å². The van der Waals surface area contributed by atoms with Gasteiger partial charge in [-0.05, 0) is 23.8 Å². The molecule has 0 fully saturated rings. The number of hydroxylamine groups is 1. The number of nitrogens with one attached hydrogen (secondary N) is 1. The van der Waals surface area contributed by atoms with E-state index in [0.29, 0.717) is 10.0 Å². The van der Waals surface area contributed by atoms with E-state index in [1.54, 1.807) is 5.48 Å². The normalized spacial score (nSPS) is 11.8. The second-order valence-corrected chi connectivity index (χ2v) is 3.49. The summed E-state index contributed by atoms with van der Waals surface area (Å²) in [6.45, 7) is -0.0372. The molecule has 0 spiro atoms. The molecule has 1 rings (SSSR count). The zero-order chi connectivity index (χ0) is 10.8. The van der Waals surface area contributed by atoms with Crippen molar-refractivity contribution in [2.24, 2.45) is 0 Å². The molecule has 1 aromatic carbocycles. The highest BCUT2D eigenvalue weighted by Gasteiger charge is 2.30. The monoisotopic (exact) mass is 269 g/mol. The van der Waals surface area contributed by atoms with Gasteiger partial charge >= 0.3 is 6.18 Å². The number of hydrogen-bond acceptors (Lipinski definition) is 2. The standard InChI is InChI=1S/C8H7BrF3NO/c9-7-2-1-6(8(10,11)12)3-5(7)4-13-14/h1-3,13-14H,4H2. The van der Waals surface area contributed by atoms with Crippen LogP contribution in [0.2, 0.25) is 0 Å². The van der Waals surface area contributed by atoms with Gasteiger partial charge < -0.3 is 5.21 Å². The summed E-state index contributed by atoms with van der Waals surface area (Å²) in [6, 6.07) is 3.26. The Bertz CT molecular complexity index is 327. The van der Waals surface area contributed by atoms with Crippen molar-refractivity contribution in [3.63, 3.8) is 0 Å². The van der Waals surface area contributed by atoms with Crippen molar-refractivity contribution in [1.82, 2.24) is 5.48 Å². The van der Waals surface area contributed by atoms with Gasteiger partial charge in [-0.25, -0.2) is 5.48 Å². The molecule has 14 heavy (non-hydrogen) atoms. The predicted octanol–water partition coefficient (Wildman–Crippen LogP) is 2.95. The summed E-state index contributed by atoms with van der Waals surface area (Å²) >= 11 is 3.08. The molecule has 0 saturated carbocycles. The molecule has 1 aromatic rings. The van der Waals surface area contributed by atoms with Gasteiger partial charge in [0.15, 0.2) is 0 Å². The SMILES string of the molecule is ONCc1cc(C(F)(F)F)ccc1Br. The van der Waals surface area contributed by atoms with Gasteiger partial charge in [0.05, 0.1) is 5.56 Å². The van der Waals surface area contributed by atoms with E-state index in [-0.39, 0.29) is 6.54 Å². The average Bonchev–Trinajstić information content (AvgIpc) is 2.07. The molecule has 0 unspecified atom stereocenters. The van der Waals surface area contributed by atoms with Gasteiger partial charge in [-0.3, -0.25) is 0 Å². The number of hydrogen-bond donors (Lipinski definition) is 2. The van der Waals surface area contributed by atoms with E-state index in [9.17, 15) is 13.2 Å². The van der Waals surface area contributed by atoms with Crippen LogP contribution in [0.5, 0.6) is 0 Å². The molecule has 0 aliphatic carbocycles. The Morgan fingerprint density at radius 3 is 2.50 bits per heavy atom. The number of benzene rings is 1. The highest BCUT2D eigenvalue weighted by atomic mass is 79.9. The van der Waals surface area contributed by atoms with E-state index < -0.39 is 11.7 Å². The molecule has 0 aliphatic heterocycles. The summed E-state index contributed by atoms with van der Waals surface area (Å²) in [5, 5.41) is 8.39. The fourth-order valence-corrected chi connectivity index (χ4v) is 1.36. The van der Waals surface area contributed by atoms with Crippen molar-refractivity contribution in [2.75, 3.05) is 0 Å². The van der Waals surface area contributed by atoms with Crippen LogP contribution in [0.1, 0.15) is 11.1 Å². The summed E-state index contributed by atoms with van der Waals surface area (Å²) in [5.74, 6) is 0. The van der Waals surface area contributed by atoms with Crippen LogP contribution in [0.25, 0.3) is 0 Å². The van der Waals surface area contributed by atoms with E-state index in [1.165, 1.54) is 6.07 Å². The van der Waals surface area contributed by atoms with Gasteiger partial charge in [0.2, 0.25) is 0 Å². The van der Waals surface area contributed by atoms with Gasteiger partial charge in [0, 0.05) is 11.0 Å². The molecule has 6 heteroatoms. The Balaban J connectivity index is 3.06. The summed E-state index contributed by atoms with van der Waals surface area (Å²) < 4.78 is 37.2. The molecular weight excluding hydrogens is 263 g/mol. The van der Waals surface area contributed by atoms with Crippen LogP contribution < -0.4 is 5.48 Å². The lowest BCUT2D eigenvalue weighted by atomic mass is 10.1. The average molecular weight is 270 g/mol. The Morgan fingerprint density at radius 1 is 1.36 bits per heavy atom. The van der Waals surface area contributed by atoms with E-state index in [0.717, 1.165) is 12.1 Å². The maximum absolute atomic E-state index is 12.2. The molecule has 0 saturated heterocycles. The lowest BCUT2D eigenvalue weighted by Gasteiger charge is -2.09. The Labute approximate surface area is 86.8 Å². The number of rotatable bonds is 2. The number of halogens is 4. The van der Waals surface area contributed by atoms with Crippen molar-refractivity contribution in [3.05, 3.63) is 33.8 Å². The van der Waals surface area contributed by atoms with Crippen LogP contribution in [0, 0.1) is 0 Å². The largest absolute Gasteiger partial charge is 0.416 e. The first kappa shape index (κ1) is 11.5. The summed E-state index contributed by atoms with van der Waals surface area (Å²) in [7, 11) is 0. The first-order valence-corrected chi connectivity index (χ1v) is 4.47. The molecular formula is C8H7BrF3NO. The Kier molecular flexibility index (Phi) is 3.52. The molecule has 0 aliphatic rings. The zero-order valence-electron chi connectivity index (χ0n) is 6.90. The maximum Gasteiger partial charge on any atom is 0.416 e. The smallest absolute Gasteiger partial charge is 0.316 e. The highest BCUT2D eigenvalue weighted by molar-refractivity contribution is 9.10. The second kappa shape index (κ2) is 4.29. The van der Waals surface area contributed by atoms with Crippen LogP contribution in [0.15, 0.2) is 22.7 Å². The molecule has 0 bridgehead atoms. The van der Waals surface area contributed by atoms with E-state index in [4.69, 9.17) is 5.21 Å². The van der Waals surface area contributed by atoms with E-state index >= 15 is 0 Å². The van der Waals surface area contributed by atoms with Crippen molar-refractivity contribution in [1.29, 1.82) is 0 Å². The first-order valence-electron chi connectivity index (χ1n) is 3.67. The third-order valence-corrected chi connectivity index (χ3v) is 2.42. The van der Waals surface area contributed by atoms with E-state index in [2.05, 4.69) is 15.9 Å². The molecule has 2 nitrogen and oxygen atoms in total. The van der Waals surface area contributed by atoms with Crippen molar-refractivity contribution >= 4 is 15.9 Å². The van der Waals surface area contributed by atoms with Crippen molar-refractivity contribution in [3.8, 4) is 0 Å². The Hall–Kier alpha value is -0.590. The summed E-state index contributed by atoms with van der Waals surface area (Å²) in [5.41, 5.74) is 1.42. The molecule has 0 heterocycles. The van der Waals surface area contributed by atoms with Gasteiger partial charge in [-0.1, -0.05) is 15.9 Å². The molecule has 0 amide bonds. The highest BCUT2D eigenvalue weighted by Crippen LogP contribution is 2.31. The quantitative estimate of drug-likeness (QED) is 0.810. The maximum atomic E-state index is 12.2. The second-order valence-electron chi connectivity index (χ2n) is 2.64. The summed E-state index contributed by atoms with van der Waals surface area (Å²) in [4.78, 5) is 0. The predicted molar refractivity (Wildman–Crippen MR) is 47.8 cm³/mol. The molecule has 0 atom stereocenters. The minimum absolute atomic E-state index is 0.0372. The van der Waals surface area contributed by atoms with Crippen molar-refractivity contribution in [2.45, 2.75) is 12.7 Å². The minimum atomic E-state index is -4.36. The fraction of sp³-hybridized carbons (Fsp3) is 0.250. The summed E-state index contributed by atoms with van der Waals surface area (Å²) in [6.07, 6.45) is -4.36. The number of alkyl halides is 3. The minimum Gasteiger partial charge on any atom is -0.316 e. The van der Waals surface area contributed by atoms with Crippen LogP contribution in [-0.2, 0) is 12.7 Å². The van der Waals surface area contributed by atoms with Crippen molar-refractivity contribution < 1.29 is 18.4 Å².